The Morgan fingerprint density at radius 2 is 1.64 bits per heavy atom. The molecular weight excluding hydrogens is 158 g/mol. The summed E-state index contributed by atoms with van der Waals surface area (Å²) in [5.41, 5.74) is 0. The molecule has 0 aliphatic heterocycles. The number of carbonyl (C=O) groups is 2. The molecule has 0 aromatic carbocycles. The lowest BCUT2D eigenvalue weighted by atomic mass is 10.2. The maximum absolute atomic E-state index is 9.96. The van der Waals surface area contributed by atoms with Gasteiger partial charge >= 0.3 is 11.9 Å². The van der Waals surface area contributed by atoms with Gasteiger partial charge < -0.3 is 15.3 Å². The molecule has 0 heterocycles. The summed E-state index contributed by atoms with van der Waals surface area (Å²) in [5, 5.41) is 26.5. The minimum Gasteiger partial charge on any atom is -0.479 e. The van der Waals surface area contributed by atoms with Crippen LogP contribution in [0.1, 0.15) is 0 Å². The fourth-order valence-corrected chi connectivity index (χ4v) is 0.373. The highest BCUT2D eigenvalue weighted by Gasteiger charge is 2.33. The second-order valence-electron chi connectivity index (χ2n) is 1.67. The number of nitrogens with zero attached hydrogens (tertiary/aromatic N) is 1. The summed E-state index contributed by atoms with van der Waals surface area (Å²) >= 11 is 0. The Bertz CT molecular complexity index is 189. The van der Waals surface area contributed by atoms with Crippen LogP contribution in [0.15, 0.2) is 5.18 Å². The van der Waals surface area contributed by atoms with Crippen molar-refractivity contribution >= 4 is 11.9 Å². The van der Waals surface area contributed by atoms with Crippen LogP contribution in [0.5, 0.6) is 0 Å². The predicted molar refractivity (Wildman–Crippen MR) is 30.9 cm³/mol. The molecule has 7 nitrogen and oxygen atoms in total. The van der Waals surface area contributed by atoms with Gasteiger partial charge in [-0.15, -0.1) is 4.91 Å². The van der Waals surface area contributed by atoms with Gasteiger partial charge in [0.25, 0.3) is 0 Å². The third-order valence-electron chi connectivity index (χ3n) is 0.919. The van der Waals surface area contributed by atoms with Crippen LogP contribution >= 0.6 is 0 Å². The van der Waals surface area contributed by atoms with E-state index in [4.69, 9.17) is 15.3 Å². The van der Waals surface area contributed by atoms with Gasteiger partial charge in [-0.3, -0.25) is 0 Å². The van der Waals surface area contributed by atoms with E-state index in [0.29, 0.717) is 0 Å². The molecule has 0 rings (SSSR count). The van der Waals surface area contributed by atoms with Crippen molar-refractivity contribution in [3.8, 4) is 0 Å². The van der Waals surface area contributed by atoms with Gasteiger partial charge in [0.1, 0.15) is 0 Å². The first-order chi connectivity index (χ1) is 5.00. The SMILES string of the molecule is O=NC(C(=O)O)C(O)C(=O)O. The lowest BCUT2D eigenvalue weighted by Gasteiger charge is -2.05. The standard InChI is InChI=1S/C4H5NO6/c6-2(4(9)10)1(5-11)3(7)8/h1-2,6H,(H,7,8)(H,9,10). The van der Waals surface area contributed by atoms with E-state index in [1.807, 2.05) is 5.18 Å². The van der Waals surface area contributed by atoms with Crippen LogP contribution < -0.4 is 0 Å². The fraction of sp³-hybridized carbons (Fsp3) is 0.500. The molecule has 0 fully saturated rings. The number of carboxylic acid groups (broad SMARTS) is 2. The number of hydrogen-bond acceptors (Lipinski definition) is 5. The number of aliphatic carboxylic acids is 2. The van der Waals surface area contributed by atoms with Crippen LogP contribution in [-0.4, -0.2) is 39.4 Å². The van der Waals surface area contributed by atoms with Gasteiger partial charge in [-0.2, -0.15) is 0 Å². The second kappa shape index (κ2) is 3.62. The van der Waals surface area contributed by atoms with E-state index in [1.165, 1.54) is 0 Å². The Morgan fingerprint density at radius 3 is 1.73 bits per heavy atom. The van der Waals surface area contributed by atoms with Crippen molar-refractivity contribution in [3.63, 3.8) is 0 Å². The third kappa shape index (κ3) is 2.30. The molecule has 7 heteroatoms. The van der Waals surface area contributed by atoms with Crippen LogP contribution in [0.25, 0.3) is 0 Å². The molecule has 2 atom stereocenters. The quantitative estimate of drug-likeness (QED) is 0.440. The monoisotopic (exact) mass is 163 g/mol. The Hall–Kier alpha value is -1.50. The molecule has 0 bridgehead atoms. The van der Waals surface area contributed by atoms with E-state index in [-0.39, 0.29) is 0 Å². The minimum absolute atomic E-state index is 1.77. The number of nitroso groups, excluding NO2 is 1. The van der Waals surface area contributed by atoms with E-state index < -0.39 is 24.1 Å². The van der Waals surface area contributed by atoms with Crippen molar-refractivity contribution in [1.82, 2.24) is 0 Å². The normalized spacial score (nSPS) is 15.0. The highest BCUT2D eigenvalue weighted by molar-refractivity contribution is 5.84. The summed E-state index contributed by atoms with van der Waals surface area (Å²) in [7, 11) is 0. The predicted octanol–water partition coefficient (Wildman–Crippen LogP) is -1.35. The molecule has 3 N–H and O–H groups in total. The van der Waals surface area contributed by atoms with Gasteiger partial charge in [0.15, 0.2) is 6.10 Å². The van der Waals surface area contributed by atoms with Gasteiger partial charge in [0.05, 0.1) is 0 Å². The molecule has 2 unspecified atom stereocenters. The van der Waals surface area contributed by atoms with Crippen LogP contribution in [0.2, 0.25) is 0 Å². The van der Waals surface area contributed by atoms with Crippen LogP contribution in [0.4, 0.5) is 0 Å². The molecule has 0 saturated carbocycles. The van der Waals surface area contributed by atoms with Crippen molar-refractivity contribution < 1.29 is 24.9 Å². The number of hydrogen-bond donors (Lipinski definition) is 3. The maximum atomic E-state index is 9.96. The van der Waals surface area contributed by atoms with Gasteiger partial charge in [-0.1, -0.05) is 5.18 Å². The summed E-state index contributed by atoms with van der Waals surface area (Å²) < 4.78 is 0. The summed E-state index contributed by atoms with van der Waals surface area (Å²) in [6.45, 7) is 0. The lowest BCUT2D eigenvalue weighted by molar-refractivity contribution is -0.154. The first kappa shape index (κ1) is 9.50. The summed E-state index contributed by atoms with van der Waals surface area (Å²) in [6.07, 6.45) is -2.29. The Kier molecular flexibility index (Phi) is 3.12. The van der Waals surface area contributed by atoms with Crippen molar-refractivity contribution in [1.29, 1.82) is 0 Å². The van der Waals surface area contributed by atoms with Crippen LogP contribution in [0, 0.1) is 4.91 Å². The van der Waals surface area contributed by atoms with Crippen LogP contribution in [0.3, 0.4) is 0 Å². The number of aliphatic hydroxyl groups excluding tert-OH is 1. The van der Waals surface area contributed by atoms with Gasteiger partial charge in [0.2, 0.25) is 6.04 Å². The highest BCUT2D eigenvalue weighted by atomic mass is 16.4. The van der Waals surface area contributed by atoms with E-state index in [1.54, 1.807) is 0 Å². The zero-order valence-electron chi connectivity index (χ0n) is 5.17. The van der Waals surface area contributed by atoms with Gasteiger partial charge in [-0.25, -0.2) is 9.59 Å². The van der Waals surface area contributed by atoms with E-state index in [2.05, 4.69) is 0 Å². The van der Waals surface area contributed by atoms with Gasteiger partial charge in [0, 0.05) is 0 Å². The van der Waals surface area contributed by atoms with Crippen molar-refractivity contribution in [2.24, 2.45) is 5.18 Å². The Balaban J connectivity index is 4.37. The topological polar surface area (TPSA) is 124 Å². The number of carboxylic acids is 2. The molecule has 0 amide bonds. The van der Waals surface area contributed by atoms with Crippen molar-refractivity contribution in [2.75, 3.05) is 0 Å². The van der Waals surface area contributed by atoms with E-state index >= 15 is 0 Å². The third-order valence-corrected chi connectivity index (χ3v) is 0.919. The number of aliphatic hydroxyl groups is 1. The molecule has 0 spiro atoms. The first-order valence-electron chi connectivity index (χ1n) is 2.47. The van der Waals surface area contributed by atoms with E-state index in [9.17, 15) is 14.5 Å². The maximum Gasteiger partial charge on any atom is 0.335 e. The Labute approximate surface area is 60.2 Å². The van der Waals surface area contributed by atoms with Crippen molar-refractivity contribution in [2.45, 2.75) is 12.1 Å². The minimum atomic E-state index is -2.29. The Morgan fingerprint density at radius 1 is 1.18 bits per heavy atom. The van der Waals surface area contributed by atoms with Crippen LogP contribution in [-0.2, 0) is 9.59 Å². The molecule has 0 aliphatic carbocycles. The molecule has 0 aliphatic rings. The molecule has 0 saturated heterocycles. The largest absolute Gasteiger partial charge is 0.479 e. The summed E-state index contributed by atoms with van der Waals surface area (Å²) in [6, 6.07) is -2.15. The molecule has 0 radical (unpaired) electrons. The van der Waals surface area contributed by atoms with Gasteiger partial charge in [-0.05, 0) is 0 Å². The summed E-state index contributed by atoms with van der Waals surface area (Å²) in [4.78, 5) is 29.5. The average Bonchev–Trinajstić information content (AvgIpc) is 1.88. The second-order valence-corrected chi connectivity index (χ2v) is 1.67. The molecule has 11 heavy (non-hydrogen) atoms. The zero-order chi connectivity index (χ0) is 9.02. The first-order valence-corrected chi connectivity index (χ1v) is 2.47. The number of rotatable bonds is 4. The molecule has 62 valence electrons. The average molecular weight is 163 g/mol. The molecule has 0 aromatic heterocycles. The smallest absolute Gasteiger partial charge is 0.335 e. The lowest BCUT2D eigenvalue weighted by Crippen LogP contribution is -2.37. The zero-order valence-corrected chi connectivity index (χ0v) is 5.17. The fourth-order valence-electron chi connectivity index (χ4n) is 0.373. The van der Waals surface area contributed by atoms with E-state index in [0.717, 1.165) is 0 Å². The van der Waals surface area contributed by atoms with Crippen molar-refractivity contribution in [3.05, 3.63) is 4.91 Å². The molecular formula is C4H5NO6. The highest BCUT2D eigenvalue weighted by Crippen LogP contribution is 1.98. The molecule has 0 aromatic rings. The summed E-state index contributed by atoms with van der Waals surface area (Å²) in [5.74, 6) is -3.56.